The summed E-state index contributed by atoms with van der Waals surface area (Å²) in [4.78, 5) is 29.5. The predicted octanol–water partition coefficient (Wildman–Crippen LogP) is 4.20. The Morgan fingerprint density at radius 2 is 1.82 bits per heavy atom. The van der Waals surface area contributed by atoms with Gasteiger partial charge in [-0.3, -0.25) is 14.6 Å². The molecule has 33 heavy (non-hydrogen) atoms. The lowest BCUT2D eigenvalue weighted by Gasteiger charge is -2.22. The first-order valence-electron chi connectivity index (χ1n) is 10.4. The molecule has 0 aliphatic heterocycles. The van der Waals surface area contributed by atoms with Gasteiger partial charge in [-0.2, -0.15) is 0 Å². The average Bonchev–Trinajstić information content (AvgIpc) is 2.82. The van der Waals surface area contributed by atoms with Gasteiger partial charge in [0.25, 0.3) is 5.91 Å². The molecule has 3 rings (SSSR count). The standard InChI is InChI=1S/C25H26FN3O4/c1-16(2)23(29-24(30)18-6-8-19(26)9-7-18)25(31)28-20-10-11-21(32-3)22(13-20)33-15-17-5-4-12-27-14-17/h4-14,16,23H,15H2,1-3H3,(H,28,31)(H,29,30). The first kappa shape index (κ1) is 23.7. The Bertz CT molecular complexity index is 1090. The molecule has 8 heteroatoms. The van der Waals surface area contributed by atoms with E-state index < -0.39 is 17.8 Å². The quantitative estimate of drug-likeness (QED) is 0.509. The third kappa shape index (κ3) is 6.52. The highest BCUT2D eigenvalue weighted by Gasteiger charge is 2.25. The summed E-state index contributed by atoms with van der Waals surface area (Å²) in [5, 5.41) is 5.54. The highest BCUT2D eigenvalue weighted by Crippen LogP contribution is 2.31. The van der Waals surface area contributed by atoms with E-state index in [0.29, 0.717) is 17.2 Å². The molecule has 0 spiro atoms. The highest BCUT2D eigenvalue weighted by molar-refractivity contribution is 6.01. The summed E-state index contributed by atoms with van der Waals surface area (Å²) in [6.45, 7) is 3.93. The second-order valence-electron chi connectivity index (χ2n) is 7.71. The third-order valence-electron chi connectivity index (χ3n) is 4.89. The Labute approximate surface area is 192 Å². The fraction of sp³-hybridized carbons (Fsp3) is 0.240. The second kappa shape index (κ2) is 11.1. The number of nitrogens with one attached hydrogen (secondary N) is 2. The lowest BCUT2D eigenvalue weighted by atomic mass is 10.0. The number of aromatic nitrogens is 1. The predicted molar refractivity (Wildman–Crippen MR) is 123 cm³/mol. The van der Waals surface area contributed by atoms with Gasteiger partial charge in [-0.15, -0.1) is 0 Å². The van der Waals surface area contributed by atoms with Crippen molar-refractivity contribution in [3.8, 4) is 11.5 Å². The minimum absolute atomic E-state index is 0.186. The largest absolute Gasteiger partial charge is 0.493 e. The van der Waals surface area contributed by atoms with E-state index in [1.807, 2.05) is 26.0 Å². The summed E-state index contributed by atoms with van der Waals surface area (Å²) in [7, 11) is 1.53. The zero-order valence-electron chi connectivity index (χ0n) is 18.7. The van der Waals surface area contributed by atoms with Crippen molar-refractivity contribution in [2.45, 2.75) is 26.5 Å². The van der Waals surface area contributed by atoms with Crippen LogP contribution in [-0.2, 0) is 11.4 Å². The molecule has 1 aromatic heterocycles. The maximum atomic E-state index is 13.1. The van der Waals surface area contributed by atoms with Crippen LogP contribution in [0.4, 0.5) is 10.1 Å². The van der Waals surface area contributed by atoms with Crippen LogP contribution in [0.15, 0.2) is 67.0 Å². The number of pyridine rings is 1. The van der Waals surface area contributed by atoms with Crippen LogP contribution in [0.5, 0.6) is 11.5 Å². The maximum Gasteiger partial charge on any atom is 0.251 e. The number of rotatable bonds is 9. The van der Waals surface area contributed by atoms with Crippen molar-refractivity contribution in [2.75, 3.05) is 12.4 Å². The monoisotopic (exact) mass is 451 g/mol. The molecule has 3 aromatic rings. The fourth-order valence-corrected chi connectivity index (χ4v) is 3.09. The lowest BCUT2D eigenvalue weighted by molar-refractivity contribution is -0.118. The third-order valence-corrected chi connectivity index (χ3v) is 4.89. The van der Waals surface area contributed by atoms with Crippen molar-refractivity contribution >= 4 is 17.5 Å². The van der Waals surface area contributed by atoms with Gasteiger partial charge < -0.3 is 20.1 Å². The first-order valence-corrected chi connectivity index (χ1v) is 10.4. The normalized spacial score (nSPS) is 11.5. The number of carbonyl (C=O) groups excluding carboxylic acids is 2. The topological polar surface area (TPSA) is 89.6 Å². The lowest BCUT2D eigenvalue weighted by Crippen LogP contribution is -2.47. The Balaban J connectivity index is 1.71. The molecule has 2 aromatic carbocycles. The zero-order chi connectivity index (χ0) is 23.8. The Kier molecular flexibility index (Phi) is 7.96. The molecule has 0 aliphatic carbocycles. The van der Waals surface area contributed by atoms with Crippen molar-refractivity contribution < 1.29 is 23.5 Å². The molecule has 7 nitrogen and oxygen atoms in total. The SMILES string of the molecule is COc1ccc(NC(=O)C(NC(=O)c2ccc(F)cc2)C(C)C)cc1OCc1cccnc1. The number of ether oxygens (including phenoxy) is 2. The number of nitrogens with zero attached hydrogens (tertiary/aromatic N) is 1. The van der Waals surface area contributed by atoms with Crippen LogP contribution < -0.4 is 20.1 Å². The minimum atomic E-state index is -0.801. The van der Waals surface area contributed by atoms with Crippen LogP contribution in [0.2, 0.25) is 0 Å². The van der Waals surface area contributed by atoms with Gasteiger partial charge in [0.15, 0.2) is 11.5 Å². The minimum Gasteiger partial charge on any atom is -0.493 e. The Hall–Kier alpha value is -3.94. The summed E-state index contributed by atoms with van der Waals surface area (Å²) in [5.41, 5.74) is 1.64. The van der Waals surface area contributed by atoms with Crippen LogP contribution in [0.25, 0.3) is 0 Å². The van der Waals surface area contributed by atoms with Crippen LogP contribution in [0.1, 0.15) is 29.8 Å². The maximum absolute atomic E-state index is 13.1. The number of hydrogen-bond donors (Lipinski definition) is 2. The van der Waals surface area contributed by atoms with E-state index in [4.69, 9.17) is 9.47 Å². The number of anilines is 1. The van der Waals surface area contributed by atoms with Gasteiger partial charge in [0.05, 0.1) is 7.11 Å². The molecule has 0 bridgehead atoms. The van der Waals surface area contributed by atoms with E-state index in [1.54, 1.807) is 30.6 Å². The summed E-state index contributed by atoms with van der Waals surface area (Å²) >= 11 is 0. The molecule has 0 fully saturated rings. The van der Waals surface area contributed by atoms with E-state index in [9.17, 15) is 14.0 Å². The van der Waals surface area contributed by atoms with Crippen LogP contribution >= 0.6 is 0 Å². The van der Waals surface area contributed by atoms with Crippen LogP contribution in [-0.4, -0.2) is 29.9 Å². The number of hydrogen-bond acceptors (Lipinski definition) is 5. The highest BCUT2D eigenvalue weighted by atomic mass is 19.1. The van der Waals surface area contributed by atoms with Gasteiger partial charge in [0.1, 0.15) is 18.5 Å². The van der Waals surface area contributed by atoms with Crippen molar-refractivity contribution in [3.63, 3.8) is 0 Å². The molecule has 0 radical (unpaired) electrons. The van der Waals surface area contributed by atoms with E-state index in [1.165, 1.54) is 31.4 Å². The molecule has 2 N–H and O–H groups in total. The Morgan fingerprint density at radius 1 is 1.06 bits per heavy atom. The summed E-state index contributed by atoms with van der Waals surface area (Å²) in [6.07, 6.45) is 3.38. The van der Waals surface area contributed by atoms with Gasteiger partial charge in [0.2, 0.25) is 5.91 Å². The molecule has 0 aliphatic rings. The van der Waals surface area contributed by atoms with E-state index in [0.717, 1.165) is 5.56 Å². The van der Waals surface area contributed by atoms with Gasteiger partial charge in [0, 0.05) is 35.3 Å². The average molecular weight is 451 g/mol. The number of amides is 2. The molecule has 172 valence electrons. The molecular formula is C25H26FN3O4. The van der Waals surface area contributed by atoms with Crippen molar-refractivity contribution in [3.05, 3.63) is 83.9 Å². The molecule has 1 unspecified atom stereocenters. The van der Waals surface area contributed by atoms with Crippen molar-refractivity contribution in [2.24, 2.45) is 5.92 Å². The van der Waals surface area contributed by atoms with Crippen molar-refractivity contribution in [1.29, 1.82) is 0 Å². The van der Waals surface area contributed by atoms with Gasteiger partial charge in [-0.05, 0) is 48.4 Å². The smallest absolute Gasteiger partial charge is 0.251 e. The second-order valence-corrected chi connectivity index (χ2v) is 7.71. The zero-order valence-corrected chi connectivity index (χ0v) is 18.7. The molecule has 2 amide bonds. The van der Waals surface area contributed by atoms with Gasteiger partial charge in [-0.25, -0.2) is 4.39 Å². The first-order chi connectivity index (χ1) is 15.9. The van der Waals surface area contributed by atoms with E-state index in [2.05, 4.69) is 15.6 Å². The molecule has 1 atom stereocenters. The van der Waals surface area contributed by atoms with Crippen LogP contribution in [0, 0.1) is 11.7 Å². The summed E-state index contributed by atoms with van der Waals surface area (Å²) in [5.74, 6) is -0.500. The number of benzene rings is 2. The molecular weight excluding hydrogens is 425 g/mol. The van der Waals surface area contributed by atoms with Crippen LogP contribution in [0.3, 0.4) is 0 Å². The van der Waals surface area contributed by atoms with Gasteiger partial charge >= 0.3 is 0 Å². The number of carbonyl (C=O) groups is 2. The number of methoxy groups -OCH3 is 1. The molecule has 1 heterocycles. The Morgan fingerprint density at radius 3 is 2.45 bits per heavy atom. The van der Waals surface area contributed by atoms with E-state index in [-0.39, 0.29) is 24.0 Å². The summed E-state index contributed by atoms with van der Waals surface area (Å²) < 4.78 is 24.3. The fourth-order valence-electron chi connectivity index (χ4n) is 3.09. The van der Waals surface area contributed by atoms with Gasteiger partial charge in [-0.1, -0.05) is 19.9 Å². The molecule has 0 saturated carbocycles. The van der Waals surface area contributed by atoms with Crippen molar-refractivity contribution in [1.82, 2.24) is 10.3 Å². The van der Waals surface area contributed by atoms with E-state index >= 15 is 0 Å². The summed E-state index contributed by atoms with van der Waals surface area (Å²) in [6, 6.07) is 13.1. The molecule has 0 saturated heterocycles. The number of halogens is 1.